The Balaban J connectivity index is 1.76. The topological polar surface area (TPSA) is 187 Å². The Morgan fingerprint density at radius 3 is 2.37 bits per heavy atom. The van der Waals surface area contributed by atoms with Gasteiger partial charge in [0, 0.05) is 23.6 Å². The van der Waals surface area contributed by atoms with Crippen LogP contribution in [0.15, 0.2) is 59.1 Å². The van der Waals surface area contributed by atoms with Gasteiger partial charge in [-0.15, -0.1) is 0 Å². The van der Waals surface area contributed by atoms with E-state index < -0.39 is 58.0 Å². The van der Waals surface area contributed by atoms with Crippen LogP contribution in [0.25, 0.3) is 11.1 Å². The number of nitrogens with zero attached hydrogens (tertiary/aromatic N) is 1. The normalized spacial score (nSPS) is 26.8. The Morgan fingerprint density at radius 1 is 1.13 bits per heavy atom. The quantitative estimate of drug-likeness (QED) is 0.323. The second kappa shape index (κ2) is 8.80. The van der Waals surface area contributed by atoms with Gasteiger partial charge in [-0.1, -0.05) is 30.3 Å². The van der Waals surface area contributed by atoms with E-state index >= 15 is 0 Å². The van der Waals surface area contributed by atoms with E-state index in [1.54, 1.807) is 20.2 Å². The van der Waals surface area contributed by atoms with Crippen LogP contribution in [-0.2, 0) is 22.6 Å². The van der Waals surface area contributed by atoms with E-state index in [0.717, 1.165) is 5.56 Å². The van der Waals surface area contributed by atoms with Crippen LogP contribution in [0.4, 0.5) is 0 Å². The number of ketones is 2. The highest BCUT2D eigenvalue weighted by Crippen LogP contribution is 2.53. The lowest BCUT2D eigenvalue weighted by Crippen LogP contribution is -2.63. The lowest BCUT2D eigenvalue weighted by Gasteiger charge is -2.50. The van der Waals surface area contributed by atoms with Crippen LogP contribution in [0, 0.1) is 11.8 Å². The van der Waals surface area contributed by atoms with Crippen LogP contribution in [0.1, 0.15) is 27.9 Å². The maximum atomic E-state index is 13.9. The number of hydrogen-bond acceptors (Lipinski definition) is 9. The van der Waals surface area contributed by atoms with Crippen LogP contribution in [0.3, 0.4) is 0 Å². The number of benzene rings is 2. The molecule has 0 bridgehead atoms. The number of phenols is 1. The molecule has 0 spiro atoms. The fourth-order valence-corrected chi connectivity index (χ4v) is 6.41. The van der Waals surface area contributed by atoms with Crippen LogP contribution in [-0.4, -0.2) is 68.5 Å². The number of aliphatic hydroxyl groups is 3. The monoisotopic (exact) mass is 519 g/mol. The average molecular weight is 520 g/mol. The van der Waals surface area contributed by atoms with Crippen molar-refractivity contribution in [1.82, 2.24) is 4.90 Å². The number of allylic oxidation sites excluding steroid dienone is 1. The van der Waals surface area contributed by atoms with E-state index in [1.165, 1.54) is 4.90 Å². The van der Waals surface area contributed by atoms with Gasteiger partial charge >= 0.3 is 0 Å². The van der Waals surface area contributed by atoms with Gasteiger partial charge in [-0.05, 0) is 55.6 Å². The molecular formula is C28H29N3O7. The number of fused-ring (bicyclic) bond motifs is 3. The smallest absolute Gasteiger partial charge is 0.255 e. The Kier molecular flexibility index (Phi) is 5.94. The van der Waals surface area contributed by atoms with Crippen LogP contribution in [0.2, 0.25) is 0 Å². The summed E-state index contributed by atoms with van der Waals surface area (Å²) in [7, 11) is 3.18. The molecule has 198 valence electrons. The van der Waals surface area contributed by atoms with Crippen molar-refractivity contribution < 1.29 is 34.8 Å². The molecule has 10 nitrogen and oxygen atoms in total. The number of rotatable bonds is 4. The summed E-state index contributed by atoms with van der Waals surface area (Å²) in [6, 6.07) is 9.99. The van der Waals surface area contributed by atoms with Crippen molar-refractivity contribution >= 4 is 17.5 Å². The molecule has 38 heavy (non-hydrogen) atoms. The molecule has 0 saturated heterocycles. The molecule has 1 unspecified atom stereocenters. The molecule has 1 amide bonds. The molecule has 0 radical (unpaired) electrons. The van der Waals surface area contributed by atoms with Crippen molar-refractivity contribution in [1.29, 1.82) is 0 Å². The molecule has 10 heteroatoms. The molecular weight excluding hydrogens is 490 g/mol. The van der Waals surface area contributed by atoms with Crippen molar-refractivity contribution in [2.45, 2.75) is 31.0 Å². The molecule has 0 heterocycles. The van der Waals surface area contributed by atoms with E-state index in [1.807, 2.05) is 30.3 Å². The highest BCUT2D eigenvalue weighted by molar-refractivity contribution is 6.25. The molecule has 0 fully saturated rings. The SMILES string of the molecule is CN(C)[C@H]1C(O)=C(C(N)=O)C(=O)C2(O)C(O)=C3C(=O)c4c(O)c(CN)cc(-c5ccccc5)c4C[C@@H]3C[C@H]12. The molecule has 2 aromatic carbocycles. The van der Waals surface area contributed by atoms with Crippen molar-refractivity contribution in [3.8, 4) is 16.9 Å². The minimum atomic E-state index is -2.67. The van der Waals surface area contributed by atoms with E-state index in [4.69, 9.17) is 11.5 Å². The van der Waals surface area contributed by atoms with Crippen LogP contribution < -0.4 is 11.5 Å². The van der Waals surface area contributed by atoms with Gasteiger partial charge in [0.25, 0.3) is 5.91 Å². The van der Waals surface area contributed by atoms with Crippen LogP contribution in [0.5, 0.6) is 5.75 Å². The molecule has 0 aromatic heterocycles. The number of likely N-dealkylation sites (N-methyl/N-ethyl adjacent to an activating group) is 1. The second-order valence-electron chi connectivity index (χ2n) is 10.3. The lowest BCUT2D eigenvalue weighted by molar-refractivity contribution is -0.148. The molecule has 8 N–H and O–H groups in total. The number of nitrogens with two attached hydrogens (primary N) is 2. The number of aromatic hydroxyl groups is 1. The number of primary amides is 1. The number of carbonyl (C=O) groups excluding carboxylic acids is 3. The molecule has 5 rings (SSSR count). The summed E-state index contributed by atoms with van der Waals surface area (Å²) in [4.78, 5) is 41.0. The molecule has 4 atom stereocenters. The largest absolute Gasteiger partial charge is 0.510 e. The van der Waals surface area contributed by atoms with E-state index in [0.29, 0.717) is 16.7 Å². The second-order valence-corrected chi connectivity index (χ2v) is 10.3. The van der Waals surface area contributed by atoms with Crippen molar-refractivity contribution in [3.63, 3.8) is 0 Å². The Hall–Kier alpha value is -3.99. The zero-order valence-electron chi connectivity index (χ0n) is 20.9. The summed E-state index contributed by atoms with van der Waals surface area (Å²) >= 11 is 0. The third-order valence-corrected chi connectivity index (χ3v) is 8.11. The molecule has 2 aromatic rings. The maximum Gasteiger partial charge on any atom is 0.255 e. The number of amides is 1. The fraction of sp³-hybridized carbons (Fsp3) is 0.321. The average Bonchev–Trinajstić information content (AvgIpc) is 2.86. The van der Waals surface area contributed by atoms with Gasteiger partial charge < -0.3 is 31.9 Å². The van der Waals surface area contributed by atoms with Gasteiger partial charge in [0.05, 0.1) is 11.6 Å². The van der Waals surface area contributed by atoms with Crippen molar-refractivity contribution in [3.05, 3.63) is 75.8 Å². The standard InChI is InChI=1S/C28H29N3O7/c1-31(2)21-17-10-13-8-16-15(12-6-4-3-5-7-12)9-14(11-29)22(32)19(16)23(33)18(13)25(35)28(17,38)26(36)20(24(21)34)27(30)37/h3-7,9,13,17,21,32,34-35,38H,8,10-11,29H2,1-2H3,(H2,30,37)/t13-,17-,21-,28?/m1/s1. The van der Waals surface area contributed by atoms with Gasteiger partial charge in [0.1, 0.15) is 22.8 Å². The zero-order chi connectivity index (χ0) is 27.7. The van der Waals surface area contributed by atoms with Crippen LogP contribution >= 0.6 is 0 Å². The first kappa shape index (κ1) is 25.7. The van der Waals surface area contributed by atoms with Crippen molar-refractivity contribution in [2.75, 3.05) is 14.1 Å². The molecule has 0 aliphatic heterocycles. The third kappa shape index (κ3) is 3.34. The van der Waals surface area contributed by atoms with E-state index in [2.05, 4.69) is 0 Å². The van der Waals surface area contributed by atoms with E-state index in [-0.39, 0.29) is 36.3 Å². The number of Topliss-reactive ketones (excluding diaryl/α,β-unsaturated/α-hetero) is 2. The molecule has 0 saturated carbocycles. The molecule has 3 aliphatic rings. The molecule has 3 aliphatic carbocycles. The highest BCUT2D eigenvalue weighted by Gasteiger charge is 2.63. The first-order valence-corrected chi connectivity index (χ1v) is 12.2. The summed E-state index contributed by atoms with van der Waals surface area (Å²) in [5, 5.41) is 45.0. The number of carbonyl (C=O) groups is 3. The minimum absolute atomic E-state index is 0.0272. The zero-order valence-corrected chi connectivity index (χ0v) is 20.9. The highest BCUT2D eigenvalue weighted by atomic mass is 16.3. The van der Waals surface area contributed by atoms with Gasteiger partial charge in [-0.3, -0.25) is 19.3 Å². The summed E-state index contributed by atoms with van der Waals surface area (Å²) < 4.78 is 0. The minimum Gasteiger partial charge on any atom is -0.510 e. The summed E-state index contributed by atoms with van der Waals surface area (Å²) in [6.07, 6.45) is 0.233. The number of hydrogen-bond donors (Lipinski definition) is 6. The number of aliphatic hydroxyl groups excluding tert-OH is 2. The van der Waals surface area contributed by atoms with E-state index in [9.17, 15) is 34.8 Å². The first-order valence-electron chi connectivity index (χ1n) is 12.2. The predicted octanol–water partition coefficient (Wildman–Crippen LogP) is 1.25. The Bertz CT molecular complexity index is 1460. The third-order valence-electron chi connectivity index (χ3n) is 8.11. The van der Waals surface area contributed by atoms with Crippen molar-refractivity contribution in [2.24, 2.45) is 23.3 Å². The van der Waals surface area contributed by atoms with Gasteiger partial charge in [0.15, 0.2) is 11.4 Å². The first-order chi connectivity index (χ1) is 17.9. The van der Waals surface area contributed by atoms with Gasteiger partial charge in [-0.25, -0.2) is 0 Å². The van der Waals surface area contributed by atoms with Gasteiger partial charge in [0.2, 0.25) is 5.78 Å². The van der Waals surface area contributed by atoms with Gasteiger partial charge in [-0.2, -0.15) is 0 Å². The summed E-state index contributed by atoms with van der Waals surface area (Å²) in [5.41, 5.74) is 9.87. The number of phenolic OH excluding ortho intramolecular Hbond substituents is 1. The maximum absolute atomic E-state index is 13.9. The summed E-state index contributed by atoms with van der Waals surface area (Å²) in [5.74, 6) is -6.80. The fourth-order valence-electron chi connectivity index (χ4n) is 6.41. The summed E-state index contributed by atoms with van der Waals surface area (Å²) in [6.45, 7) is -0.0538. The Morgan fingerprint density at radius 2 is 1.79 bits per heavy atom. The predicted molar refractivity (Wildman–Crippen MR) is 137 cm³/mol. The Labute approximate surface area is 218 Å². The lowest BCUT2D eigenvalue weighted by atomic mass is 9.58.